The number of carbonyl (C=O) groups is 1. The summed E-state index contributed by atoms with van der Waals surface area (Å²) in [6.45, 7) is 2.60. The molecular formula is C13H18ClN3O3S. The summed E-state index contributed by atoms with van der Waals surface area (Å²) in [7, 11) is -3.20. The molecule has 0 radical (unpaired) electrons. The molecular weight excluding hydrogens is 314 g/mol. The first-order valence-electron chi connectivity index (χ1n) is 6.81. The fraction of sp³-hybridized carbons (Fsp3) is 0.538. The molecule has 1 aromatic heterocycles. The lowest BCUT2D eigenvalue weighted by Gasteiger charge is -2.32. The Morgan fingerprint density at radius 3 is 2.71 bits per heavy atom. The zero-order chi connectivity index (χ0) is 15.5. The normalized spacial score (nSPS) is 17.0. The molecule has 21 heavy (non-hydrogen) atoms. The van der Waals surface area contributed by atoms with E-state index in [1.54, 1.807) is 17.9 Å². The Labute approximate surface area is 129 Å². The van der Waals surface area contributed by atoms with Crippen molar-refractivity contribution >= 4 is 27.5 Å². The maximum atomic E-state index is 12.3. The molecule has 0 aliphatic carbocycles. The van der Waals surface area contributed by atoms with Crippen molar-refractivity contribution in [2.45, 2.75) is 25.8 Å². The zero-order valence-electron chi connectivity index (χ0n) is 11.8. The molecule has 2 heterocycles. The van der Waals surface area contributed by atoms with E-state index in [0.717, 1.165) is 0 Å². The predicted molar refractivity (Wildman–Crippen MR) is 80.8 cm³/mol. The Morgan fingerprint density at radius 1 is 1.48 bits per heavy atom. The Morgan fingerprint density at radius 2 is 2.14 bits per heavy atom. The Kier molecular flexibility index (Phi) is 5.18. The average Bonchev–Trinajstić information content (AvgIpc) is 2.47. The van der Waals surface area contributed by atoms with Gasteiger partial charge >= 0.3 is 0 Å². The quantitative estimate of drug-likeness (QED) is 0.901. The van der Waals surface area contributed by atoms with Crippen molar-refractivity contribution in [2.24, 2.45) is 0 Å². The van der Waals surface area contributed by atoms with Gasteiger partial charge in [0.25, 0.3) is 5.91 Å². The number of nitrogens with zero attached hydrogens (tertiary/aromatic N) is 2. The minimum absolute atomic E-state index is 0.0669. The molecule has 1 fully saturated rings. The largest absolute Gasteiger partial charge is 0.338 e. The molecule has 1 amide bonds. The lowest BCUT2D eigenvalue weighted by atomic mass is 10.1. The molecule has 1 aliphatic rings. The number of amides is 1. The first-order chi connectivity index (χ1) is 9.93. The minimum Gasteiger partial charge on any atom is -0.338 e. The Hall–Kier alpha value is -1.18. The maximum Gasteiger partial charge on any atom is 0.256 e. The van der Waals surface area contributed by atoms with Crippen LogP contribution < -0.4 is 4.72 Å². The first kappa shape index (κ1) is 16.2. The van der Waals surface area contributed by atoms with Gasteiger partial charge in [0, 0.05) is 31.5 Å². The van der Waals surface area contributed by atoms with Crippen molar-refractivity contribution in [3.63, 3.8) is 0 Å². The molecule has 116 valence electrons. The molecule has 0 spiro atoms. The number of likely N-dealkylation sites (tertiary alicyclic amines) is 1. The van der Waals surface area contributed by atoms with Gasteiger partial charge in [-0.25, -0.2) is 13.1 Å². The van der Waals surface area contributed by atoms with E-state index in [1.165, 1.54) is 12.4 Å². The number of carbonyl (C=O) groups excluding carboxylic acids is 1. The van der Waals surface area contributed by atoms with E-state index in [0.29, 0.717) is 36.5 Å². The summed E-state index contributed by atoms with van der Waals surface area (Å²) in [4.78, 5) is 17.9. The third-order valence-corrected chi connectivity index (χ3v) is 5.29. The van der Waals surface area contributed by atoms with E-state index in [9.17, 15) is 13.2 Å². The van der Waals surface area contributed by atoms with Crippen LogP contribution in [0.3, 0.4) is 0 Å². The number of piperidine rings is 1. The van der Waals surface area contributed by atoms with Crippen molar-refractivity contribution in [3.05, 3.63) is 29.0 Å². The van der Waals surface area contributed by atoms with Gasteiger partial charge in [-0.15, -0.1) is 0 Å². The van der Waals surface area contributed by atoms with Crippen molar-refractivity contribution in [2.75, 3.05) is 18.8 Å². The van der Waals surface area contributed by atoms with Crippen LogP contribution in [0, 0.1) is 0 Å². The fourth-order valence-corrected chi connectivity index (χ4v) is 3.34. The van der Waals surface area contributed by atoms with E-state index in [4.69, 9.17) is 11.6 Å². The number of hydrogen-bond acceptors (Lipinski definition) is 4. The molecule has 1 N–H and O–H groups in total. The number of sulfonamides is 1. The van der Waals surface area contributed by atoms with Crippen LogP contribution in [0.2, 0.25) is 5.02 Å². The van der Waals surface area contributed by atoms with Gasteiger partial charge in [0.1, 0.15) is 0 Å². The summed E-state index contributed by atoms with van der Waals surface area (Å²) in [5.41, 5.74) is 0.381. The van der Waals surface area contributed by atoms with E-state index < -0.39 is 10.0 Å². The predicted octanol–water partition coefficient (Wildman–Crippen LogP) is 1.28. The van der Waals surface area contributed by atoms with Gasteiger partial charge in [-0.2, -0.15) is 0 Å². The van der Waals surface area contributed by atoms with Gasteiger partial charge in [-0.05, 0) is 25.8 Å². The molecule has 1 aromatic rings. The van der Waals surface area contributed by atoms with Gasteiger partial charge in [0.2, 0.25) is 10.0 Å². The number of pyridine rings is 1. The smallest absolute Gasteiger partial charge is 0.256 e. The maximum absolute atomic E-state index is 12.3. The summed E-state index contributed by atoms with van der Waals surface area (Å²) in [6.07, 6.45) is 4.19. The lowest BCUT2D eigenvalue weighted by Crippen LogP contribution is -2.46. The Balaban J connectivity index is 1.95. The molecule has 0 aromatic carbocycles. The van der Waals surface area contributed by atoms with Crippen LogP contribution in [0.4, 0.5) is 0 Å². The van der Waals surface area contributed by atoms with Crippen LogP contribution in [0.1, 0.15) is 30.1 Å². The highest BCUT2D eigenvalue weighted by atomic mass is 35.5. The van der Waals surface area contributed by atoms with Crippen LogP contribution in [0.25, 0.3) is 0 Å². The summed E-state index contributed by atoms with van der Waals surface area (Å²) in [5, 5.41) is 0.379. The van der Waals surface area contributed by atoms with Crippen LogP contribution in [0.15, 0.2) is 18.5 Å². The van der Waals surface area contributed by atoms with E-state index in [1.807, 2.05) is 0 Å². The van der Waals surface area contributed by atoms with E-state index in [2.05, 4.69) is 9.71 Å². The summed E-state index contributed by atoms with van der Waals surface area (Å²) < 4.78 is 25.7. The molecule has 0 saturated carbocycles. The molecule has 0 atom stereocenters. The van der Waals surface area contributed by atoms with Crippen molar-refractivity contribution in [1.82, 2.24) is 14.6 Å². The summed E-state index contributed by atoms with van der Waals surface area (Å²) in [5.74, 6) is -0.0952. The molecule has 0 unspecified atom stereocenters. The molecule has 0 bridgehead atoms. The number of hydrogen-bond donors (Lipinski definition) is 1. The van der Waals surface area contributed by atoms with Gasteiger partial charge in [-0.3, -0.25) is 9.78 Å². The van der Waals surface area contributed by atoms with Crippen molar-refractivity contribution in [3.8, 4) is 0 Å². The molecule has 1 aliphatic heterocycles. The second-order valence-corrected chi connectivity index (χ2v) is 7.39. The average molecular weight is 332 g/mol. The lowest BCUT2D eigenvalue weighted by molar-refractivity contribution is 0.0711. The van der Waals surface area contributed by atoms with E-state index in [-0.39, 0.29) is 17.7 Å². The number of nitrogens with one attached hydrogen (secondary N) is 1. The second-order valence-electron chi connectivity index (χ2n) is 4.94. The minimum atomic E-state index is -3.20. The third kappa shape index (κ3) is 4.15. The van der Waals surface area contributed by atoms with Crippen molar-refractivity contribution in [1.29, 1.82) is 0 Å². The van der Waals surface area contributed by atoms with Crippen LogP contribution in [-0.4, -0.2) is 49.1 Å². The third-order valence-electron chi connectivity index (χ3n) is 3.51. The number of halogens is 1. The van der Waals surface area contributed by atoms with Gasteiger partial charge in [0.15, 0.2) is 0 Å². The molecule has 8 heteroatoms. The van der Waals surface area contributed by atoms with Gasteiger partial charge in [0.05, 0.1) is 16.3 Å². The fourth-order valence-electron chi connectivity index (χ4n) is 2.24. The first-order valence-corrected chi connectivity index (χ1v) is 8.84. The highest BCUT2D eigenvalue weighted by molar-refractivity contribution is 7.89. The SMILES string of the molecule is CCS(=O)(=O)NC1CCN(C(=O)c2cnccc2Cl)CC1. The van der Waals surface area contributed by atoms with E-state index >= 15 is 0 Å². The topological polar surface area (TPSA) is 79.4 Å². The summed E-state index contributed by atoms with van der Waals surface area (Å²) in [6, 6.07) is 1.47. The van der Waals surface area contributed by atoms with Crippen molar-refractivity contribution < 1.29 is 13.2 Å². The Bertz CT molecular complexity index is 613. The second kappa shape index (κ2) is 6.72. The van der Waals surface area contributed by atoms with Crippen LogP contribution in [0.5, 0.6) is 0 Å². The molecule has 6 nitrogen and oxygen atoms in total. The van der Waals surface area contributed by atoms with Crippen LogP contribution >= 0.6 is 11.6 Å². The number of rotatable bonds is 4. The van der Waals surface area contributed by atoms with Crippen LogP contribution in [-0.2, 0) is 10.0 Å². The highest BCUT2D eigenvalue weighted by Gasteiger charge is 2.26. The zero-order valence-corrected chi connectivity index (χ0v) is 13.3. The van der Waals surface area contributed by atoms with Gasteiger partial charge in [-0.1, -0.05) is 11.6 Å². The molecule has 2 rings (SSSR count). The standard InChI is InChI=1S/C13H18ClN3O3S/c1-2-21(19,20)16-10-4-7-17(8-5-10)13(18)11-9-15-6-3-12(11)14/h3,6,9-10,16H,2,4-5,7-8H2,1H3. The summed E-state index contributed by atoms with van der Waals surface area (Å²) >= 11 is 5.99. The molecule has 1 saturated heterocycles. The highest BCUT2D eigenvalue weighted by Crippen LogP contribution is 2.19. The van der Waals surface area contributed by atoms with Gasteiger partial charge < -0.3 is 4.90 Å². The number of aromatic nitrogens is 1. The monoisotopic (exact) mass is 331 g/mol.